The standard InChI is InChI=1S/C20H23ClN2O3S/c1-11-4-9-14-15(10-11)27-18(16(14)17(22)24)23-19(25)20(2,3)26-13-7-5-12(21)6-8-13/h5-8,11H,4,9-10H2,1-3H3,(H2,22,24)(H,23,25)/t11-/m1/s1. The van der Waals surface area contributed by atoms with Gasteiger partial charge in [0, 0.05) is 9.90 Å². The zero-order chi connectivity index (χ0) is 19.8. The number of halogens is 1. The van der Waals surface area contributed by atoms with Crippen LogP contribution in [-0.4, -0.2) is 17.4 Å². The minimum atomic E-state index is -1.14. The molecule has 0 unspecified atom stereocenters. The second-order valence-electron chi connectivity index (χ2n) is 7.44. The third-order valence-electron chi connectivity index (χ3n) is 4.72. The van der Waals surface area contributed by atoms with Crippen LogP contribution in [0.15, 0.2) is 24.3 Å². The topological polar surface area (TPSA) is 81.4 Å². The Labute approximate surface area is 167 Å². The Bertz CT molecular complexity index is 874. The maximum atomic E-state index is 12.8. The Hall–Kier alpha value is -2.05. The van der Waals surface area contributed by atoms with Crippen molar-refractivity contribution >= 4 is 39.8 Å². The third kappa shape index (κ3) is 4.28. The highest BCUT2D eigenvalue weighted by atomic mass is 35.5. The van der Waals surface area contributed by atoms with Gasteiger partial charge < -0.3 is 15.8 Å². The predicted octanol–water partition coefficient (Wildman–Crippen LogP) is 4.42. The van der Waals surface area contributed by atoms with Crippen LogP contribution in [0.3, 0.4) is 0 Å². The van der Waals surface area contributed by atoms with Gasteiger partial charge in [0.2, 0.25) is 0 Å². The van der Waals surface area contributed by atoms with E-state index in [1.165, 1.54) is 11.3 Å². The Morgan fingerprint density at radius 3 is 2.59 bits per heavy atom. The van der Waals surface area contributed by atoms with Crippen LogP contribution < -0.4 is 15.8 Å². The summed E-state index contributed by atoms with van der Waals surface area (Å²) in [4.78, 5) is 26.0. The van der Waals surface area contributed by atoms with Gasteiger partial charge in [-0.15, -0.1) is 11.3 Å². The molecular formula is C20H23ClN2O3S. The largest absolute Gasteiger partial charge is 0.478 e. The number of hydrogen-bond acceptors (Lipinski definition) is 4. The Morgan fingerprint density at radius 1 is 1.30 bits per heavy atom. The van der Waals surface area contributed by atoms with Crippen molar-refractivity contribution in [1.82, 2.24) is 0 Å². The van der Waals surface area contributed by atoms with E-state index in [1.54, 1.807) is 38.1 Å². The Morgan fingerprint density at radius 2 is 1.96 bits per heavy atom. The first-order valence-electron chi connectivity index (χ1n) is 8.87. The van der Waals surface area contributed by atoms with Gasteiger partial charge in [0.25, 0.3) is 11.8 Å². The quantitative estimate of drug-likeness (QED) is 0.770. The van der Waals surface area contributed by atoms with Crippen LogP contribution >= 0.6 is 22.9 Å². The smallest absolute Gasteiger partial charge is 0.268 e. The van der Waals surface area contributed by atoms with Gasteiger partial charge in [0.1, 0.15) is 10.8 Å². The SMILES string of the molecule is C[C@@H]1CCc2c(sc(NC(=O)C(C)(C)Oc3ccc(Cl)cc3)c2C(N)=O)C1. The summed E-state index contributed by atoms with van der Waals surface area (Å²) in [6.07, 6.45) is 2.73. The van der Waals surface area contributed by atoms with E-state index in [-0.39, 0.29) is 5.91 Å². The van der Waals surface area contributed by atoms with E-state index in [4.69, 9.17) is 22.1 Å². The molecule has 3 rings (SSSR count). The van der Waals surface area contributed by atoms with Crippen LogP contribution in [-0.2, 0) is 17.6 Å². The van der Waals surface area contributed by atoms with Crippen molar-refractivity contribution in [2.75, 3.05) is 5.32 Å². The maximum absolute atomic E-state index is 12.8. The van der Waals surface area contributed by atoms with E-state index in [9.17, 15) is 9.59 Å². The number of rotatable bonds is 5. The van der Waals surface area contributed by atoms with Gasteiger partial charge in [-0.25, -0.2) is 0 Å². The Kier molecular flexibility index (Phi) is 5.49. The number of carbonyl (C=O) groups is 2. The van der Waals surface area contributed by atoms with Crippen LogP contribution in [0.2, 0.25) is 5.02 Å². The van der Waals surface area contributed by atoms with Crippen LogP contribution in [0, 0.1) is 5.92 Å². The number of nitrogens with one attached hydrogen (secondary N) is 1. The molecular weight excluding hydrogens is 384 g/mol. The summed E-state index contributed by atoms with van der Waals surface area (Å²) in [7, 11) is 0. The van der Waals surface area contributed by atoms with Gasteiger partial charge in [-0.3, -0.25) is 9.59 Å². The first-order chi connectivity index (χ1) is 12.7. The fourth-order valence-corrected chi connectivity index (χ4v) is 4.73. The summed E-state index contributed by atoms with van der Waals surface area (Å²) in [5.41, 5.74) is 5.90. The summed E-state index contributed by atoms with van der Waals surface area (Å²) in [5, 5.41) is 3.97. The minimum Gasteiger partial charge on any atom is -0.478 e. The van der Waals surface area contributed by atoms with Gasteiger partial charge in [0.05, 0.1) is 5.56 Å². The normalized spacial score (nSPS) is 16.5. The lowest BCUT2D eigenvalue weighted by Gasteiger charge is -2.25. The summed E-state index contributed by atoms with van der Waals surface area (Å²) < 4.78 is 5.83. The van der Waals surface area contributed by atoms with E-state index < -0.39 is 11.5 Å². The molecule has 5 nitrogen and oxygen atoms in total. The van der Waals surface area contributed by atoms with Gasteiger partial charge in [-0.05, 0) is 68.9 Å². The molecule has 2 amide bonds. The van der Waals surface area contributed by atoms with E-state index in [0.717, 1.165) is 29.7 Å². The zero-order valence-corrected chi connectivity index (χ0v) is 17.2. The number of benzene rings is 1. The molecule has 2 aromatic rings. The fraction of sp³-hybridized carbons (Fsp3) is 0.400. The first kappa shape index (κ1) is 19.7. The van der Waals surface area contributed by atoms with E-state index in [1.807, 2.05) is 0 Å². The van der Waals surface area contributed by atoms with Crippen molar-refractivity contribution in [2.24, 2.45) is 11.7 Å². The molecule has 1 atom stereocenters. The van der Waals surface area contributed by atoms with Crippen molar-refractivity contribution < 1.29 is 14.3 Å². The number of primary amides is 1. The first-order valence-corrected chi connectivity index (χ1v) is 10.1. The molecule has 1 aliphatic rings. The molecule has 1 aromatic carbocycles. The number of carbonyl (C=O) groups excluding carboxylic acids is 2. The predicted molar refractivity (Wildman–Crippen MR) is 109 cm³/mol. The molecule has 1 heterocycles. The fourth-order valence-electron chi connectivity index (χ4n) is 3.20. The second-order valence-corrected chi connectivity index (χ2v) is 8.98. The Balaban J connectivity index is 1.82. The lowest BCUT2D eigenvalue weighted by molar-refractivity contribution is -0.128. The van der Waals surface area contributed by atoms with Crippen molar-refractivity contribution in [3.63, 3.8) is 0 Å². The molecule has 144 valence electrons. The average molecular weight is 407 g/mol. The van der Waals surface area contributed by atoms with Crippen molar-refractivity contribution in [3.8, 4) is 5.75 Å². The van der Waals surface area contributed by atoms with Crippen LogP contribution in [0.1, 0.15) is 48.0 Å². The lowest BCUT2D eigenvalue weighted by Crippen LogP contribution is -2.42. The van der Waals surface area contributed by atoms with Gasteiger partial charge in [0.15, 0.2) is 5.60 Å². The number of fused-ring (bicyclic) bond motifs is 1. The van der Waals surface area contributed by atoms with Gasteiger partial charge >= 0.3 is 0 Å². The molecule has 0 saturated heterocycles. The van der Waals surface area contributed by atoms with Crippen LogP contribution in [0.5, 0.6) is 5.75 Å². The van der Waals surface area contributed by atoms with Gasteiger partial charge in [-0.1, -0.05) is 18.5 Å². The number of anilines is 1. The second kappa shape index (κ2) is 7.52. The summed E-state index contributed by atoms with van der Waals surface area (Å²) in [5.74, 6) is 0.249. The maximum Gasteiger partial charge on any atom is 0.268 e. The van der Waals surface area contributed by atoms with E-state index >= 15 is 0 Å². The summed E-state index contributed by atoms with van der Waals surface area (Å²) in [6, 6.07) is 6.81. The van der Waals surface area contributed by atoms with Gasteiger partial charge in [-0.2, -0.15) is 0 Å². The molecule has 0 saturated carbocycles. The number of amides is 2. The molecule has 0 fully saturated rings. The van der Waals surface area contributed by atoms with E-state index in [0.29, 0.717) is 27.3 Å². The third-order valence-corrected chi connectivity index (χ3v) is 6.14. The number of nitrogens with two attached hydrogens (primary N) is 1. The zero-order valence-electron chi connectivity index (χ0n) is 15.6. The molecule has 0 radical (unpaired) electrons. The summed E-state index contributed by atoms with van der Waals surface area (Å²) >= 11 is 7.32. The van der Waals surface area contributed by atoms with Crippen molar-refractivity contribution in [1.29, 1.82) is 0 Å². The summed E-state index contributed by atoms with van der Waals surface area (Å²) in [6.45, 7) is 5.54. The molecule has 3 N–H and O–H groups in total. The van der Waals surface area contributed by atoms with Crippen LogP contribution in [0.4, 0.5) is 5.00 Å². The molecule has 1 aliphatic carbocycles. The van der Waals surface area contributed by atoms with Crippen molar-refractivity contribution in [3.05, 3.63) is 45.3 Å². The highest BCUT2D eigenvalue weighted by Crippen LogP contribution is 2.39. The number of hydrogen-bond donors (Lipinski definition) is 2. The molecule has 27 heavy (non-hydrogen) atoms. The number of thiophene rings is 1. The van der Waals surface area contributed by atoms with Crippen LogP contribution in [0.25, 0.3) is 0 Å². The average Bonchev–Trinajstić information content (AvgIpc) is 2.93. The molecule has 0 bridgehead atoms. The van der Waals surface area contributed by atoms with E-state index in [2.05, 4.69) is 12.2 Å². The molecule has 1 aromatic heterocycles. The van der Waals surface area contributed by atoms with Crippen molar-refractivity contribution in [2.45, 2.75) is 45.6 Å². The highest BCUT2D eigenvalue weighted by Gasteiger charge is 2.33. The minimum absolute atomic E-state index is 0.341. The molecule has 7 heteroatoms. The highest BCUT2D eigenvalue weighted by molar-refractivity contribution is 7.17. The molecule has 0 spiro atoms. The number of ether oxygens (including phenoxy) is 1. The monoisotopic (exact) mass is 406 g/mol. The lowest BCUT2D eigenvalue weighted by atomic mass is 9.88. The molecule has 0 aliphatic heterocycles.